The van der Waals surface area contributed by atoms with Gasteiger partial charge < -0.3 is 19.5 Å². The van der Waals surface area contributed by atoms with Gasteiger partial charge >= 0.3 is 5.97 Å². The molecule has 1 rings (SSSR count). The van der Waals surface area contributed by atoms with Crippen LogP contribution in [0.25, 0.3) is 0 Å². The van der Waals surface area contributed by atoms with Crippen molar-refractivity contribution in [2.24, 2.45) is 0 Å². The van der Waals surface area contributed by atoms with Gasteiger partial charge in [0.1, 0.15) is 12.1 Å². The van der Waals surface area contributed by atoms with Crippen molar-refractivity contribution in [3.8, 4) is 11.5 Å². The number of benzene rings is 1. The van der Waals surface area contributed by atoms with E-state index in [4.69, 9.17) is 9.47 Å². The van der Waals surface area contributed by atoms with Gasteiger partial charge in [0.2, 0.25) is 0 Å². The zero-order valence-corrected chi connectivity index (χ0v) is 13.3. The molecule has 0 saturated heterocycles. The third-order valence-electron chi connectivity index (χ3n) is 3.43. The first kappa shape index (κ1) is 17.6. The van der Waals surface area contributed by atoms with Crippen LogP contribution in [0.5, 0.6) is 11.5 Å². The normalized spacial score (nSPS) is 10.7. The number of aliphatic carboxylic acids is 1. The number of carboxylic acids is 1. The van der Waals surface area contributed by atoms with Crippen LogP contribution in [0.15, 0.2) is 30.9 Å². The molecule has 0 spiro atoms. The number of nitrogens with zero attached hydrogens (tertiary/aromatic N) is 1. The van der Waals surface area contributed by atoms with Crippen molar-refractivity contribution in [3.05, 3.63) is 36.4 Å². The molecule has 0 aliphatic heterocycles. The fourth-order valence-corrected chi connectivity index (χ4v) is 1.66. The molecule has 0 atom stereocenters. The summed E-state index contributed by atoms with van der Waals surface area (Å²) in [6.45, 7) is 6.81. The summed E-state index contributed by atoms with van der Waals surface area (Å²) in [5.41, 5.74) is -0.998. The number of carbonyl (C=O) groups is 2. The summed E-state index contributed by atoms with van der Waals surface area (Å²) in [4.78, 5) is 24.9. The molecule has 120 valence electrons. The lowest BCUT2D eigenvalue weighted by Crippen LogP contribution is -2.50. The third-order valence-corrected chi connectivity index (χ3v) is 3.43. The molecule has 0 radical (unpaired) electrons. The van der Waals surface area contributed by atoms with Crippen molar-refractivity contribution in [1.82, 2.24) is 4.90 Å². The summed E-state index contributed by atoms with van der Waals surface area (Å²) in [5, 5.41) is 9.20. The lowest BCUT2D eigenvalue weighted by molar-refractivity contribution is -0.147. The molecule has 0 fully saturated rings. The van der Waals surface area contributed by atoms with E-state index in [2.05, 4.69) is 6.58 Å². The first-order valence-electron chi connectivity index (χ1n) is 6.69. The van der Waals surface area contributed by atoms with E-state index in [1.54, 1.807) is 18.2 Å². The minimum atomic E-state index is -1.32. The Kier molecular flexibility index (Phi) is 5.56. The molecule has 0 aliphatic carbocycles. The Morgan fingerprint density at radius 2 is 2.00 bits per heavy atom. The Morgan fingerprint density at radius 3 is 2.50 bits per heavy atom. The lowest BCUT2D eigenvalue weighted by atomic mass is 10.0. The van der Waals surface area contributed by atoms with E-state index >= 15 is 0 Å². The van der Waals surface area contributed by atoms with Crippen LogP contribution in [0.4, 0.5) is 0 Å². The summed E-state index contributed by atoms with van der Waals surface area (Å²) in [6.07, 6.45) is 1.60. The van der Waals surface area contributed by atoms with Crippen molar-refractivity contribution in [3.63, 3.8) is 0 Å². The van der Waals surface area contributed by atoms with Gasteiger partial charge in [-0.15, -0.1) is 0 Å². The van der Waals surface area contributed by atoms with Crippen LogP contribution in [0.2, 0.25) is 0 Å². The van der Waals surface area contributed by atoms with Gasteiger partial charge in [-0.25, -0.2) is 4.79 Å². The van der Waals surface area contributed by atoms with Crippen molar-refractivity contribution in [2.75, 3.05) is 20.8 Å². The molecule has 1 aromatic carbocycles. The molecule has 0 heterocycles. The standard InChI is InChI=1S/C16H21NO5/c1-6-9-22-12-8-7-11(10-13(12)21-5)14(18)17(4)16(2,3)15(19)20/h6-8,10H,1,9H2,2-5H3,(H,19,20). The van der Waals surface area contributed by atoms with Crippen LogP contribution in [-0.4, -0.2) is 48.2 Å². The largest absolute Gasteiger partial charge is 0.493 e. The first-order valence-corrected chi connectivity index (χ1v) is 6.69. The summed E-state index contributed by atoms with van der Waals surface area (Å²) in [7, 11) is 2.92. The number of likely N-dealkylation sites (N-methyl/N-ethyl adjacent to an activating group) is 1. The Bertz CT molecular complexity index is 580. The van der Waals surface area contributed by atoms with Gasteiger partial charge in [0.15, 0.2) is 11.5 Å². The predicted octanol–water partition coefficient (Wildman–Crippen LogP) is 2.20. The highest BCUT2D eigenvalue weighted by Gasteiger charge is 2.35. The summed E-state index contributed by atoms with van der Waals surface area (Å²) in [5.74, 6) is -0.615. The molecule has 0 aromatic heterocycles. The van der Waals surface area contributed by atoms with E-state index in [0.717, 1.165) is 0 Å². The number of rotatable bonds is 7. The topological polar surface area (TPSA) is 76.1 Å². The molecule has 0 saturated carbocycles. The Labute approximate surface area is 129 Å². The number of carbonyl (C=O) groups excluding carboxylic acids is 1. The highest BCUT2D eigenvalue weighted by molar-refractivity contribution is 5.98. The fourth-order valence-electron chi connectivity index (χ4n) is 1.66. The number of amides is 1. The molecule has 0 unspecified atom stereocenters. The molecule has 0 bridgehead atoms. The number of carboxylic acid groups (broad SMARTS) is 1. The van der Waals surface area contributed by atoms with Gasteiger partial charge in [-0.05, 0) is 32.0 Å². The Hall–Kier alpha value is -2.50. The first-order chi connectivity index (χ1) is 10.3. The maximum Gasteiger partial charge on any atom is 0.329 e. The molecule has 1 N–H and O–H groups in total. The number of ether oxygens (including phenoxy) is 2. The SMILES string of the molecule is C=CCOc1ccc(C(=O)N(C)C(C)(C)C(=O)O)cc1OC. The van der Waals surface area contributed by atoms with Crippen molar-refractivity contribution in [1.29, 1.82) is 0 Å². The van der Waals surface area contributed by atoms with Gasteiger partial charge in [0, 0.05) is 12.6 Å². The summed E-state index contributed by atoms with van der Waals surface area (Å²) in [6, 6.07) is 4.70. The highest BCUT2D eigenvalue weighted by atomic mass is 16.5. The molecular weight excluding hydrogens is 286 g/mol. The van der Waals surface area contributed by atoms with Crippen LogP contribution in [-0.2, 0) is 4.79 Å². The summed E-state index contributed by atoms with van der Waals surface area (Å²) >= 11 is 0. The Morgan fingerprint density at radius 1 is 1.36 bits per heavy atom. The van der Waals surface area contributed by atoms with Crippen LogP contribution >= 0.6 is 0 Å². The Balaban J connectivity index is 3.09. The molecule has 6 heteroatoms. The number of hydrogen-bond donors (Lipinski definition) is 1. The molecule has 6 nitrogen and oxygen atoms in total. The predicted molar refractivity (Wildman–Crippen MR) is 82.5 cm³/mol. The second kappa shape index (κ2) is 6.98. The van der Waals surface area contributed by atoms with Gasteiger partial charge in [0.25, 0.3) is 5.91 Å². The van der Waals surface area contributed by atoms with E-state index in [9.17, 15) is 14.7 Å². The highest BCUT2D eigenvalue weighted by Crippen LogP contribution is 2.29. The quantitative estimate of drug-likeness (QED) is 0.781. The second-order valence-electron chi connectivity index (χ2n) is 5.19. The van der Waals surface area contributed by atoms with E-state index in [1.807, 2.05) is 0 Å². The van der Waals surface area contributed by atoms with Crippen molar-refractivity contribution < 1.29 is 24.2 Å². The van der Waals surface area contributed by atoms with Crippen LogP contribution in [0.3, 0.4) is 0 Å². The van der Waals surface area contributed by atoms with Crippen LogP contribution < -0.4 is 9.47 Å². The zero-order chi connectivity index (χ0) is 16.9. The molecule has 1 aromatic rings. The maximum absolute atomic E-state index is 12.4. The van der Waals surface area contributed by atoms with E-state index in [1.165, 1.54) is 39.0 Å². The minimum Gasteiger partial charge on any atom is -0.493 e. The van der Waals surface area contributed by atoms with Crippen molar-refractivity contribution >= 4 is 11.9 Å². The minimum absolute atomic E-state index is 0.315. The van der Waals surface area contributed by atoms with Crippen LogP contribution in [0.1, 0.15) is 24.2 Å². The second-order valence-corrected chi connectivity index (χ2v) is 5.19. The molecule has 22 heavy (non-hydrogen) atoms. The third kappa shape index (κ3) is 3.58. The van der Waals surface area contributed by atoms with Crippen molar-refractivity contribution in [2.45, 2.75) is 19.4 Å². The van der Waals surface area contributed by atoms with Gasteiger partial charge in [0.05, 0.1) is 7.11 Å². The van der Waals surface area contributed by atoms with E-state index in [-0.39, 0.29) is 0 Å². The summed E-state index contributed by atoms with van der Waals surface area (Å²) < 4.78 is 10.6. The molecule has 0 aliphatic rings. The monoisotopic (exact) mass is 307 g/mol. The number of methoxy groups -OCH3 is 1. The van der Waals surface area contributed by atoms with E-state index in [0.29, 0.717) is 23.7 Å². The van der Waals surface area contributed by atoms with Crippen LogP contribution in [0, 0.1) is 0 Å². The van der Waals surface area contributed by atoms with E-state index < -0.39 is 17.4 Å². The maximum atomic E-state index is 12.4. The smallest absolute Gasteiger partial charge is 0.329 e. The average Bonchev–Trinajstić information content (AvgIpc) is 2.50. The fraction of sp³-hybridized carbons (Fsp3) is 0.375. The average molecular weight is 307 g/mol. The van der Waals surface area contributed by atoms with Gasteiger partial charge in [-0.3, -0.25) is 4.79 Å². The zero-order valence-electron chi connectivity index (χ0n) is 13.3. The molecular formula is C16H21NO5. The van der Waals surface area contributed by atoms with Gasteiger partial charge in [-0.2, -0.15) is 0 Å². The van der Waals surface area contributed by atoms with Gasteiger partial charge in [-0.1, -0.05) is 12.7 Å². The number of hydrogen-bond acceptors (Lipinski definition) is 4. The molecule has 1 amide bonds. The lowest BCUT2D eigenvalue weighted by Gasteiger charge is -2.31.